The molecule has 0 radical (unpaired) electrons. The molecular weight excluding hydrogens is 372 g/mol. The third kappa shape index (κ3) is 3.82. The van der Waals surface area contributed by atoms with Crippen LogP contribution in [0.15, 0.2) is 66.7 Å². The van der Waals surface area contributed by atoms with Crippen molar-refractivity contribution in [2.75, 3.05) is 7.11 Å². The van der Waals surface area contributed by atoms with Crippen molar-refractivity contribution in [3.8, 4) is 23.0 Å². The molecule has 0 spiro atoms. The fourth-order valence-electron chi connectivity index (χ4n) is 3.43. The van der Waals surface area contributed by atoms with Crippen LogP contribution in [0.2, 0.25) is 0 Å². The number of hydrogen-bond acceptors (Lipinski definition) is 6. The number of aromatic hydroxyl groups is 2. The molecule has 3 aromatic carbocycles. The molecule has 0 aromatic heterocycles. The van der Waals surface area contributed by atoms with Crippen LogP contribution in [0.1, 0.15) is 27.6 Å². The predicted molar refractivity (Wildman–Crippen MR) is 105 cm³/mol. The Morgan fingerprint density at radius 2 is 1.83 bits per heavy atom. The van der Waals surface area contributed by atoms with Crippen molar-refractivity contribution < 1.29 is 29.2 Å². The molecule has 2 N–H and O–H groups in total. The highest BCUT2D eigenvalue weighted by atomic mass is 16.6. The number of carbonyl (C=O) groups is 1. The summed E-state index contributed by atoms with van der Waals surface area (Å²) in [5.74, 6) is 0.205. The Morgan fingerprint density at radius 1 is 1.03 bits per heavy atom. The van der Waals surface area contributed by atoms with Crippen LogP contribution in [-0.2, 0) is 11.2 Å². The molecule has 1 aliphatic rings. The Balaban J connectivity index is 1.67. The van der Waals surface area contributed by atoms with E-state index in [0.717, 1.165) is 5.56 Å². The van der Waals surface area contributed by atoms with Crippen molar-refractivity contribution in [2.45, 2.75) is 18.6 Å². The molecule has 0 unspecified atom stereocenters. The molecule has 6 nitrogen and oxygen atoms in total. The summed E-state index contributed by atoms with van der Waals surface area (Å²) in [5.41, 5.74) is 1.67. The van der Waals surface area contributed by atoms with Crippen LogP contribution in [0.5, 0.6) is 23.0 Å². The van der Waals surface area contributed by atoms with E-state index in [1.807, 2.05) is 30.3 Å². The monoisotopic (exact) mass is 392 g/mol. The van der Waals surface area contributed by atoms with Gasteiger partial charge in [0, 0.05) is 24.1 Å². The summed E-state index contributed by atoms with van der Waals surface area (Å²) in [6, 6.07) is 18.8. The number of ether oxygens (including phenoxy) is 3. The second kappa shape index (κ2) is 7.75. The van der Waals surface area contributed by atoms with Gasteiger partial charge in [0.2, 0.25) is 0 Å². The zero-order valence-corrected chi connectivity index (χ0v) is 15.7. The van der Waals surface area contributed by atoms with E-state index >= 15 is 0 Å². The van der Waals surface area contributed by atoms with Gasteiger partial charge >= 0.3 is 5.97 Å². The van der Waals surface area contributed by atoms with Gasteiger partial charge in [0.05, 0.1) is 12.7 Å². The zero-order chi connectivity index (χ0) is 20.4. The first-order valence-corrected chi connectivity index (χ1v) is 9.16. The smallest absolute Gasteiger partial charge is 0.338 e. The maximum atomic E-state index is 12.8. The molecule has 0 aliphatic carbocycles. The zero-order valence-electron chi connectivity index (χ0n) is 15.7. The van der Waals surface area contributed by atoms with Crippen LogP contribution in [0.25, 0.3) is 0 Å². The number of hydrogen-bond donors (Lipinski definition) is 2. The molecule has 29 heavy (non-hydrogen) atoms. The number of carbonyl (C=O) groups excluding carboxylic acids is 1. The molecule has 1 aliphatic heterocycles. The van der Waals surface area contributed by atoms with E-state index in [1.165, 1.54) is 19.2 Å². The van der Waals surface area contributed by atoms with Gasteiger partial charge < -0.3 is 24.4 Å². The molecule has 3 aromatic rings. The lowest BCUT2D eigenvalue weighted by Gasteiger charge is -2.34. The Kier molecular flexibility index (Phi) is 4.99. The quantitative estimate of drug-likeness (QED) is 0.653. The lowest BCUT2D eigenvalue weighted by atomic mass is 9.93. The minimum Gasteiger partial charge on any atom is -0.508 e. The molecule has 4 rings (SSSR count). The SMILES string of the molecule is COc1cccc(C(=O)O[C@@H]2Cc3c(O)cc(O)cc3O[C@@H]2c2ccccc2)c1. The minimum absolute atomic E-state index is 0.0973. The normalized spacial score (nSPS) is 17.7. The van der Waals surface area contributed by atoms with Crippen molar-refractivity contribution in [3.05, 3.63) is 83.4 Å². The number of esters is 1. The molecule has 148 valence electrons. The van der Waals surface area contributed by atoms with E-state index < -0.39 is 18.2 Å². The summed E-state index contributed by atoms with van der Waals surface area (Å²) in [6.45, 7) is 0. The van der Waals surface area contributed by atoms with Gasteiger partial charge in [-0.05, 0) is 23.8 Å². The van der Waals surface area contributed by atoms with Crippen molar-refractivity contribution in [2.24, 2.45) is 0 Å². The van der Waals surface area contributed by atoms with Crippen LogP contribution in [-0.4, -0.2) is 29.4 Å². The summed E-state index contributed by atoms with van der Waals surface area (Å²) >= 11 is 0. The standard InChI is InChI=1S/C23H20O6/c1-27-17-9-5-8-15(10-17)23(26)29-21-13-18-19(25)11-16(24)12-20(18)28-22(21)14-6-3-2-4-7-14/h2-12,21-22,24-25H,13H2,1H3/t21-,22-/m1/s1. The Hall–Kier alpha value is -3.67. The maximum Gasteiger partial charge on any atom is 0.338 e. The number of phenols is 2. The Labute approximate surface area is 167 Å². The number of benzene rings is 3. The summed E-state index contributed by atoms with van der Waals surface area (Å²) in [5, 5.41) is 20.0. The van der Waals surface area contributed by atoms with E-state index in [9.17, 15) is 15.0 Å². The lowest BCUT2D eigenvalue weighted by molar-refractivity contribution is -0.0188. The highest BCUT2D eigenvalue weighted by molar-refractivity contribution is 5.90. The first-order chi connectivity index (χ1) is 14.0. The second-order valence-electron chi connectivity index (χ2n) is 6.77. The molecule has 0 saturated carbocycles. The predicted octanol–water partition coefficient (Wildman–Crippen LogP) is 4.01. The first kappa shape index (κ1) is 18.7. The van der Waals surface area contributed by atoms with E-state index in [4.69, 9.17) is 14.2 Å². The van der Waals surface area contributed by atoms with Gasteiger partial charge in [0.1, 0.15) is 29.1 Å². The number of rotatable bonds is 4. The molecule has 0 bridgehead atoms. The largest absolute Gasteiger partial charge is 0.508 e. The van der Waals surface area contributed by atoms with Crippen molar-refractivity contribution in [1.82, 2.24) is 0 Å². The van der Waals surface area contributed by atoms with Crippen molar-refractivity contribution in [3.63, 3.8) is 0 Å². The average molecular weight is 392 g/mol. The summed E-state index contributed by atoms with van der Waals surface area (Å²) in [7, 11) is 1.53. The second-order valence-corrected chi connectivity index (χ2v) is 6.77. The van der Waals surface area contributed by atoms with Crippen LogP contribution in [0, 0.1) is 0 Å². The van der Waals surface area contributed by atoms with Gasteiger partial charge in [0.15, 0.2) is 6.10 Å². The molecule has 0 saturated heterocycles. The first-order valence-electron chi connectivity index (χ1n) is 9.16. The fourth-order valence-corrected chi connectivity index (χ4v) is 3.43. The van der Waals surface area contributed by atoms with Gasteiger partial charge in [-0.1, -0.05) is 36.4 Å². The van der Waals surface area contributed by atoms with Crippen molar-refractivity contribution in [1.29, 1.82) is 0 Å². The highest BCUT2D eigenvalue weighted by Crippen LogP contribution is 2.42. The van der Waals surface area contributed by atoms with Crippen LogP contribution in [0.4, 0.5) is 0 Å². The third-order valence-electron chi connectivity index (χ3n) is 4.86. The van der Waals surface area contributed by atoms with Crippen LogP contribution in [0.3, 0.4) is 0 Å². The van der Waals surface area contributed by atoms with E-state index in [-0.39, 0.29) is 17.9 Å². The molecular formula is C23H20O6. The summed E-state index contributed by atoms with van der Waals surface area (Å²) < 4.78 is 17.0. The highest BCUT2D eigenvalue weighted by Gasteiger charge is 2.36. The molecule has 0 amide bonds. The van der Waals surface area contributed by atoms with Gasteiger partial charge in [-0.25, -0.2) is 4.79 Å². The van der Waals surface area contributed by atoms with Gasteiger partial charge in [0.25, 0.3) is 0 Å². The average Bonchev–Trinajstić information content (AvgIpc) is 2.74. The number of methoxy groups -OCH3 is 1. The van der Waals surface area contributed by atoms with E-state index in [2.05, 4.69) is 0 Å². The Morgan fingerprint density at radius 3 is 2.59 bits per heavy atom. The van der Waals surface area contributed by atoms with Crippen LogP contribution < -0.4 is 9.47 Å². The molecule has 1 heterocycles. The van der Waals surface area contributed by atoms with Gasteiger partial charge in [-0.3, -0.25) is 0 Å². The summed E-state index contributed by atoms with van der Waals surface area (Å²) in [6.07, 6.45) is -1.00. The van der Waals surface area contributed by atoms with Crippen LogP contribution >= 0.6 is 0 Å². The van der Waals surface area contributed by atoms with Crippen molar-refractivity contribution >= 4 is 5.97 Å². The number of phenolic OH excluding ortho intramolecular Hbond substituents is 2. The minimum atomic E-state index is -0.668. The maximum absolute atomic E-state index is 12.8. The van der Waals surface area contributed by atoms with Gasteiger partial charge in [-0.15, -0.1) is 0 Å². The van der Waals surface area contributed by atoms with Gasteiger partial charge in [-0.2, -0.15) is 0 Å². The van der Waals surface area contributed by atoms with E-state index in [1.54, 1.807) is 24.3 Å². The molecule has 0 fully saturated rings. The topological polar surface area (TPSA) is 85.2 Å². The molecule has 2 atom stereocenters. The van der Waals surface area contributed by atoms with E-state index in [0.29, 0.717) is 22.6 Å². The molecule has 6 heteroatoms. The fraction of sp³-hybridized carbons (Fsp3) is 0.174. The third-order valence-corrected chi connectivity index (χ3v) is 4.86. The Bertz CT molecular complexity index is 1030. The summed E-state index contributed by atoms with van der Waals surface area (Å²) in [4.78, 5) is 12.8. The lowest BCUT2D eigenvalue weighted by Crippen LogP contribution is -2.34. The number of fused-ring (bicyclic) bond motifs is 1.